The van der Waals surface area contributed by atoms with Gasteiger partial charge in [-0.15, -0.1) is 0 Å². The third-order valence-electron chi connectivity index (χ3n) is 5.07. The molecule has 0 N–H and O–H groups in total. The number of carbonyl (C=O) groups is 1. The number of Topliss-reactive ketones (excluding diaryl/α,β-unsaturated/α-hetero) is 1. The molecule has 3 heterocycles. The van der Waals surface area contributed by atoms with Crippen molar-refractivity contribution < 1.29 is 13.2 Å². The number of hydrogen-bond donors (Lipinski definition) is 0. The van der Waals surface area contributed by atoms with Crippen LogP contribution in [0.15, 0.2) is 83.1 Å². The molecule has 0 bridgehead atoms. The van der Waals surface area contributed by atoms with Crippen molar-refractivity contribution in [3.8, 4) is 0 Å². The quantitative estimate of drug-likeness (QED) is 0.414. The number of nitrogens with zero attached hydrogens (tertiary/aromatic N) is 4. The predicted molar refractivity (Wildman–Crippen MR) is 118 cm³/mol. The van der Waals surface area contributed by atoms with E-state index in [9.17, 15) is 13.2 Å². The minimum Gasteiger partial charge on any atom is -0.363 e. The minimum absolute atomic E-state index is 0.0272. The van der Waals surface area contributed by atoms with Crippen LogP contribution in [-0.4, -0.2) is 42.7 Å². The summed E-state index contributed by atoms with van der Waals surface area (Å²) in [6.07, 6.45) is 7.49. The summed E-state index contributed by atoms with van der Waals surface area (Å²) >= 11 is 0. The Morgan fingerprint density at radius 3 is 2.39 bits per heavy atom. The lowest BCUT2D eigenvalue weighted by Crippen LogP contribution is -2.11. The van der Waals surface area contributed by atoms with Crippen molar-refractivity contribution >= 4 is 27.1 Å². The van der Waals surface area contributed by atoms with Gasteiger partial charge in [0.25, 0.3) is 0 Å². The van der Waals surface area contributed by atoms with Crippen LogP contribution in [0, 0.1) is 0 Å². The first kappa shape index (κ1) is 20.7. The molecular weight excluding hydrogens is 412 g/mol. The van der Waals surface area contributed by atoms with E-state index in [4.69, 9.17) is 0 Å². The largest absolute Gasteiger partial charge is 0.363 e. The van der Waals surface area contributed by atoms with Crippen LogP contribution in [0.4, 0.5) is 5.82 Å². The molecule has 0 saturated carbocycles. The number of aryl methyl sites for hydroxylation is 1. The fraction of sp³-hybridized carbons (Fsp3) is 0.174. The number of hydrogen-bond acceptors (Lipinski definition) is 6. The maximum Gasteiger partial charge on any atom is 0.208 e. The molecule has 8 heteroatoms. The molecule has 0 amide bonds. The lowest BCUT2D eigenvalue weighted by atomic mass is 10.0. The third kappa shape index (κ3) is 4.34. The van der Waals surface area contributed by atoms with Crippen LogP contribution in [0.5, 0.6) is 0 Å². The number of benzene rings is 1. The Labute approximate surface area is 180 Å². The molecule has 1 aromatic carbocycles. The summed E-state index contributed by atoms with van der Waals surface area (Å²) in [5.74, 6) is 0.713. The summed E-state index contributed by atoms with van der Waals surface area (Å²) in [6, 6.07) is 13.5. The van der Waals surface area contributed by atoms with Crippen molar-refractivity contribution in [3.05, 3.63) is 84.4 Å². The highest BCUT2D eigenvalue weighted by atomic mass is 32.2. The van der Waals surface area contributed by atoms with E-state index in [-0.39, 0.29) is 15.6 Å². The van der Waals surface area contributed by atoms with Crippen LogP contribution < -0.4 is 4.90 Å². The van der Waals surface area contributed by atoms with E-state index in [0.717, 1.165) is 11.2 Å². The predicted octanol–water partition coefficient (Wildman–Crippen LogP) is 3.44. The van der Waals surface area contributed by atoms with Crippen LogP contribution in [0.1, 0.15) is 22.3 Å². The lowest BCUT2D eigenvalue weighted by Gasteiger charge is -2.11. The Morgan fingerprint density at radius 2 is 1.71 bits per heavy atom. The van der Waals surface area contributed by atoms with Gasteiger partial charge in [0.1, 0.15) is 11.5 Å². The lowest BCUT2D eigenvalue weighted by molar-refractivity contribution is 0.0982. The topological polar surface area (TPSA) is 84.6 Å². The van der Waals surface area contributed by atoms with E-state index in [0.29, 0.717) is 24.2 Å². The molecular formula is C23H22N4O3S. The van der Waals surface area contributed by atoms with Gasteiger partial charge in [0.2, 0.25) is 9.84 Å². The Balaban J connectivity index is 1.44. The molecule has 0 saturated heterocycles. The third-order valence-corrected chi connectivity index (χ3v) is 6.83. The molecule has 4 rings (SSSR count). The average Bonchev–Trinajstić information content (AvgIpc) is 3.25. The van der Waals surface area contributed by atoms with E-state index in [1.165, 1.54) is 6.20 Å². The van der Waals surface area contributed by atoms with Gasteiger partial charge in [0, 0.05) is 50.9 Å². The fourth-order valence-corrected chi connectivity index (χ4v) is 4.46. The molecule has 0 aliphatic rings. The van der Waals surface area contributed by atoms with Gasteiger partial charge in [0.05, 0.1) is 9.79 Å². The molecule has 0 aliphatic carbocycles. The number of ketones is 1. The molecule has 0 spiro atoms. The van der Waals surface area contributed by atoms with Gasteiger partial charge < -0.3 is 9.30 Å². The summed E-state index contributed by atoms with van der Waals surface area (Å²) in [5, 5.41) is 0. The summed E-state index contributed by atoms with van der Waals surface area (Å²) < 4.78 is 27.5. The molecule has 0 radical (unpaired) electrons. The van der Waals surface area contributed by atoms with Crippen molar-refractivity contribution in [3.63, 3.8) is 0 Å². The van der Waals surface area contributed by atoms with Crippen LogP contribution in [0.25, 0.3) is 5.65 Å². The minimum atomic E-state index is -3.64. The Hall–Kier alpha value is -3.52. The highest BCUT2D eigenvalue weighted by Crippen LogP contribution is 2.22. The first-order valence-corrected chi connectivity index (χ1v) is 11.3. The van der Waals surface area contributed by atoms with E-state index in [2.05, 4.69) is 9.97 Å². The first-order chi connectivity index (χ1) is 14.8. The van der Waals surface area contributed by atoms with Crippen LogP contribution in [-0.2, 0) is 16.3 Å². The molecule has 31 heavy (non-hydrogen) atoms. The summed E-state index contributed by atoms with van der Waals surface area (Å²) in [6.45, 7) is 0. The van der Waals surface area contributed by atoms with Crippen molar-refractivity contribution in [1.29, 1.82) is 0 Å². The normalized spacial score (nSPS) is 11.5. The van der Waals surface area contributed by atoms with Crippen molar-refractivity contribution in [1.82, 2.24) is 14.4 Å². The van der Waals surface area contributed by atoms with Gasteiger partial charge in [-0.05, 0) is 48.4 Å². The second kappa shape index (κ2) is 8.31. The van der Waals surface area contributed by atoms with Crippen LogP contribution in [0.2, 0.25) is 0 Å². The highest BCUT2D eigenvalue weighted by molar-refractivity contribution is 7.91. The van der Waals surface area contributed by atoms with E-state index < -0.39 is 9.84 Å². The second-order valence-corrected chi connectivity index (χ2v) is 9.38. The molecule has 158 valence electrons. The van der Waals surface area contributed by atoms with Crippen molar-refractivity contribution in [2.75, 3.05) is 19.0 Å². The van der Waals surface area contributed by atoms with Crippen molar-refractivity contribution in [2.24, 2.45) is 0 Å². The molecule has 0 unspecified atom stereocenters. The number of aromatic nitrogens is 3. The Kier molecular flexibility index (Phi) is 5.56. The van der Waals surface area contributed by atoms with Gasteiger partial charge in [-0.2, -0.15) is 0 Å². The number of carbonyl (C=O) groups excluding carboxylic acids is 1. The van der Waals surface area contributed by atoms with Gasteiger partial charge in [-0.25, -0.2) is 18.4 Å². The fourth-order valence-electron chi connectivity index (χ4n) is 3.25. The zero-order chi connectivity index (χ0) is 22.0. The molecule has 4 aromatic rings. The molecule has 0 atom stereocenters. The summed E-state index contributed by atoms with van der Waals surface area (Å²) in [5.41, 5.74) is 2.32. The maximum atomic E-state index is 12.8. The highest BCUT2D eigenvalue weighted by Gasteiger charge is 2.18. The monoisotopic (exact) mass is 434 g/mol. The van der Waals surface area contributed by atoms with E-state index >= 15 is 0 Å². The standard InChI is InChI=1S/C23H22N4O3S/c1-26(2)22-12-9-20(15-25-22)31(29,30)19-7-3-17(4-8-19)5-10-21(28)18-6-11-23-24-13-14-27(23)16-18/h3-4,6-9,11-16H,5,10H2,1-2H3. The second-order valence-electron chi connectivity index (χ2n) is 7.43. The number of sulfone groups is 1. The number of anilines is 1. The number of fused-ring (bicyclic) bond motifs is 1. The summed E-state index contributed by atoms with van der Waals surface area (Å²) in [7, 11) is 0.0422. The Bertz CT molecular complexity index is 1330. The van der Waals surface area contributed by atoms with Crippen molar-refractivity contribution in [2.45, 2.75) is 22.6 Å². The molecule has 3 aromatic heterocycles. The Morgan fingerprint density at radius 1 is 0.968 bits per heavy atom. The smallest absolute Gasteiger partial charge is 0.208 e. The maximum absolute atomic E-state index is 12.8. The van der Waals surface area contributed by atoms with Gasteiger partial charge in [-0.3, -0.25) is 4.79 Å². The zero-order valence-corrected chi connectivity index (χ0v) is 18.1. The number of pyridine rings is 2. The zero-order valence-electron chi connectivity index (χ0n) is 17.3. The number of imidazole rings is 1. The number of rotatable bonds is 7. The molecule has 0 aliphatic heterocycles. The van der Waals surface area contributed by atoms with Crippen LogP contribution >= 0.6 is 0 Å². The molecule has 0 fully saturated rings. The first-order valence-electron chi connectivity index (χ1n) is 9.78. The van der Waals surface area contributed by atoms with E-state index in [1.807, 2.05) is 24.6 Å². The van der Waals surface area contributed by atoms with Gasteiger partial charge in [0.15, 0.2) is 5.78 Å². The molecule has 7 nitrogen and oxygen atoms in total. The van der Waals surface area contributed by atoms with Gasteiger partial charge in [-0.1, -0.05) is 12.1 Å². The SMILES string of the molecule is CN(C)c1ccc(S(=O)(=O)c2ccc(CCC(=O)c3ccc4nccn4c3)cc2)cn1. The summed E-state index contributed by atoms with van der Waals surface area (Å²) in [4.78, 5) is 23.0. The van der Waals surface area contributed by atoms with E-state index in [1.54, 1.807) is 66.0 Å². The average molecular weight is 435 g/mol. The van der Waals surface area contributed by atoms with Crippen LogP contribution in [0.3, 0.4) is 0 Å². The van der Waals surface area contributed by atoms with Gasteiger partial charge >= 0.3 is 0 Å².